The molecule has 0 aliphatic carbocycles. The molecule has 0 unspecified atom stereocenters. The second-order valence-electron chi connectivity index (χ2n) is 4.96. The number of nitrogens with two attached hydrogens (primary N) is 3. The Kier molecular flexibility index (Phi) is 7.49. The molecule has 128 valence electrons. The molecule has 23 heavy (non-hydrogen) atoms. The van der Waals surface area contributed by atoms with Crippen molar-refractivity contribution < 1.29 is 8.42 Å². The first-order valence-corrected chi connectivity index (χ1v) is 8.87. The minimum atomic E-state index is -3.51. The Labute approximate surface area is 136 Å². The zero-order chi connectivity index (χ0) is 17.3. The van der Waals surface area contributed by atoms with Gasteiger partial charge in [-0.25, -0.2) is 18.1 Å². The summed E-state index contributed by atoms with van der Waals surface area (Å²) in [6.07, 6.45) is 4.05. The molecule has 0 atom stereocenters. The summed E-state index contributed by atoms with van der Waals surface area (Å²) in [6.45, 7) is 2.54. The zero-order valence-electron chi connectivity index (χ0n) is 13.2. The smallest absolute Gasteiger partial charge is 0.240 e. The van der Waals surface area contributed by atoms with Crippen LogP contribution in [-0.4, -0.2) is 26.9 Å². The first kappa shape index (κ1) is 18.9. The molecular formula is C14H24N6O2S. The van der Waals surface area contributed by atoms with E-state index in [1.165, 1.54) is 24.3 Å². The number of benzene rings is 1. The van der Waals surface area contributed by atoms with E-state index in [1.807, 2.05) is 0 Å². The van der Waals surface area contributed by atoms with Crippen molar-refractivity contribution in [1.29, 1.82) is 0 Å². The van der Waals surface area contributed by atoms with Gasteiger partial charge in [-0.2, -0.15) is 4.99 Å². The molecule has 0 radical (unpaired) electrons. The number of hydrogen-bond acceptors (Lipinski definition) is 3. The van der Waals surface area contributed by atoms with E-state index in [1.54, 1.807) is 0 Å². The van der Waals surface area contributed by atoms with E-state index in [0.29, 0.717) is 12.2 Å². The highest BCUT2D eigenvalue weighted by Crippen LogP contribution is 2.16. The van der Waals surface area contributed by atoms with Crippen molar-refractivity contribution >= 4 is 27.6 Å². The maximum Gasteiger partial charge on any atom is 0.240 e. The van der Waals surface area contributed by atoms with E-state index < -0.39 is 10.0 Å². The Morgan fingerprint density at radius 1 is 1.09 bits per heavy atom. The monoisotopic (exact) mass is 340 g/mol. The molecule has 0 saturated carbocycles. The van der Waals surface area contributed by atoms with E-state index in [-0.39, 0.29) is 16.8 Å². The summed E-state index contributed by atoms with van der Waals surface area (Å²) >= 11 is 0. The molecule has 0 aliphatic rings. The summed E-state index contributed by atoms with van der Waals surface area (Å²) in [7, 11) is -3.51. The van der Waals surface area contributed by atoms with Crippen molar-refractivity contribution in [3.05, 3.63) is 24.3 Å². The van der Waals surface area contributed by atoms with Gasteiger partial charge in [-0.3, -0.25) is 0 Å². The lowest BCUT2D eigenvalue weighted by Gasteiger charge is -2.06. The van der Waals surface area contributed by atoms with Crippen molar-refractivity contribution in [2.24, 2.45) is 27.2 Å². The van der Waals surface area contributed by atoms with Crippen molar-refractivity contribution in [2.45, 2.75) is 37.5 Å². The van der Waals surface area contributed by atoms with Gasteiger partial charge < -0.3 is 17.2 Å². The number of guanidine groups is 2. The fourth-order valence-corrected chi connectivity index (χ4v) is 2.91. The number of nitrogens with one attached hydrogen (secondary N) is 1. The van der Waals surface area contributed by atoms with Crippen LogP contribution in [0.2, 0.25) is 0 Å². The Morgan fingerprint density at radius 2 is 1.74 bits per heavy atom. The minimum absolute atomic E-state index is 0.102. The van der Waals surface area contributed by atoms with E-state index in [9.17, 15) is 8.42 Å². The lowest BCUT2D eigenvalue weighted by molar-refractivity contribution is 0.573. The zero-order valence-corrected chi connectivity index (χ0v) is 14.0. The SMILES string of the molecule is CCCCCCNS(=O)(=O)c1ccc(N=C(N)N=C(N)N)cc1. The summed E-state index contributed by atoms with van der Waals surface area (Å²) in [5.41, 5.74) is 16.3. The van der Waals surface area contributed by atoms with Gasteiger partial charge >= 0.3 is 0 Å². The van der Waals surface area contributed by atoms with Crippen LogP contribution in [0.5, 0.6) is 0 Å². The van der Waals surface area contributed by atoms with Crippen LogP contribution in [0.1, 0.15) is 32.6 Å². The fraction of sp³-hybridized carbons (Fsp3) is 0.429. The average Bonchev–Trinajstić information content (AvgIpc) is 2.46. The molecule has 8 nitrogen and oxygen atoms in total. The Bertz CT molecular complexity index is 648. The molecule has 0 aliphatic heterocycles. The maximum atomic E-state index is 12.1. The summed E-state index contributed by atoms with van der Waals surface area (Å²) in [4.78, 5) is 7.70. The fourth-order valence-electron chi connectivity index (χ4n) is 1.83. The van der Waals surface area contributed by atoms with Gasteiger partial charge in [-0.1, -0.05) is 26.2 Å². The molecule has 1 rings (SSSR count). The van der Waals surface area contributed by atoms with Crippen LogP contribution in [0.3, 0.4) is 0 Å². The van der Waals surface area contributed by atoms with Crippen LogP contribution in [0.15, 0.2) is 39.1 Å². The van der Waals surface area contributed by atoms with Gasteiger partial charge in [0.25, 0.3) is 0 Å². The molecule has 1 aromatic rings. The molecule has 0 aromatic heterocycles. The van der Waals surface area contributed by atoms with E-state index in [4.69, 9.17) is 17.2 Å². The molecule has 1 aromatic carbocycles. The van der Waals surface area contributed by atoms with E-state index in [2.05, 4.69) is 21.6 Å². The third kappa shape index (κ3) is 7.11. The number of sulfonamides is 1. The number of aliphatic imine (C=N–C) groups is 2. The van der Waals surface area contributed by atoms with Crippen LogP contribution in [0.25, 0.3) is 0 Å². The molecule has 7 N–H and O–H groups in total. The van der Waals surface area contributed by atoms with Gasteiger partial charge in [-0.15, -0.1) is 0 Å². The third-order valence-electron chi connectivity index (χ3n) is 2.96. The van der Waals surface area contributed by atoms with E-state index in [0.717, 1.165) is 25.7 Å². The molecule has 0 bridgehead atoms. The Morgan fingerprint density at radius 3 is 2.30 bits per heavy atom. The van der Waals surface area contributed by atoms with Crippen molar-refractivity contribution in [1.82, 2.24) is 4.72 Å². The molecule has 0 saturated heterocycles. The lowest BCUT2D eigenvalue weighted by atomic mass is 10.2. The number of rotatable bonds is 8. The summed E-state index contributed by atoms with van der Waals surface area (Å²) in [5, 5.41) is 0. The second kappa shape index (κ2) is 9.11. The van der Waals surface area contributed by atoms with Crippen LogP contribution in [0, 0.1) is 0 Å². The highest BCUT2D eigenvalue weighted by molar-refractivity contribution is 7.89. The summed E-state index contributed by atoms with van der Waals surface area (Å²) in [6, 6.07) is 5.97. The molecule has 0 spiro atoms. The standard InChI is InChI=1S/C14H24N6O2S/c1-2-3-4-5-10-18-23(21,22)12-8-6-11(7-9-12)19-14(17)20-13(15)16/h6-9,18H,2-5,10H2,1H3,(H6,15,16,17,19,20). The van der Waals surface area contributed by atoms with Crippen molar-refractivity contribution in [3.63, 3.8) is 0 Å². The van der Waals surface area contributed by atoms with Gasteiger partial charge in [0, 0.05) is 6.54 Å². The predicted octanol–water partition coefficient (Wildman–Crippen LogP) is 0.765. The minimum Gasteiger partial charge on any atom is -0.370 e. The van der Waals surface area contributed by atoms with Gasteiger partial charge in [-0.05, 0) is 30.7 Å². The van der Waals surface area contributed by atoms with E-state index >= 15 is 0 Å². The normalized spacial score (nSPS) is 12.1. The molecule has 0 fully saturated rings. The van der Waals surface area contributed by atoms with Crippen LogP contribution in [0.4, 0.5) is 5.69 Å². The molecule has 0 heterocycles. The van der Waals surface area contributed by atoms with Gasteiger partial charge in [0.15, 0.2) is 5.96 Å². The topological polar surface area (TPSA) is 149 Å². The highest BCUT2D eigenvalue weighted by atomic mass is 32.2. The van der Waals surface area contributed by atoms with Crippen LogP contribution >= 0.6 is 0 Å². The third-order valence-corrected chi connectivity index (χ3v) is 4.43. The maximum absolute atomic E-state index is 12.1. The largest absolute Gasteiger partial charge is 0.370 e. The lowest BCUT2D eigenvalue weighted by Crippen LogP contribution is -2.26. The average molecular weight is 340 g/mol. The summed E-state index contributed by atoms with van der Waals surface area (Å²) in [5.74, 6) is -0.299. The molecule has 9 heteroatoms. The van der Waals surface area contributed by atoms with Crippen LogP contribution in [-0.2, 0) is 10.0 Å². The molecular weight excluding hydrogens is 316 g/mol. The predicted molar refractivity (Wildman–Crippen MR) is 92.9 cm³/mol. The van der Waals surface area contributed by atoms with Gasteiger partial charge in [0.2, 0.25) is 16.0 Å². The highest BCUT2D eigenvalue weighted by Gasteiger charge is 2.12. The second-order valence-corrected chi connectivity index (χ2v) is 6.73. The number of hydrogen-bond donors (Lipinski definition) is 4. The Balaban J connectivity index is 2.70. The summed E-state index contributed by atoms with van der Waals surface area (Å²) < 4.78 is 26.8. The van der Waals surface area contributed by atoms with Crippen molar-refractivity contribution in [2.75, 3.05) is 6.54 Å². The number of unbranched alkanes of at least 4 members (excludes halogenated alkanes) is 3. The van der Waals surface area contributed by atoms with Gasteiger partial charge in [0.1, 0.15) is 0 Å². The van der Waals surface area contributed by atoms with Crippen molar-refractivity contribution in [3.8, 4) is 0 Å². The first-order valence-electron chi connectivity index (χ1n) is 7.38. The van der Waals surface area contributed by atoms with Crippen LogP contribution < -0.4 is 21.9 Å². The first-order chi connectivity index (χ1) is 10.8. The number of nitrogens with zero attached hydrogens (tertiary/aromatic N) is 2. The Hall–Kier alpha value is -2.13. The quantitative estimate of drug-likeness (QED) is 0.313. The molecule has 0 amide bonds. The van der Waals surface area contributed by atoms with Gasteiger partial charge in [0.05, 0.1) is 10.6 Å².